The zero-order valence-corrected chi connectivity index (χ0v) is 10.5. The van der Waals surface area contributed by atoms with Crippen molar-refractivity contribution < 1.29 is 19.1 Å². The first kappa shape index (κ1) is 13.7. The molecule has 1 heterocycles. The van der Waals surface area contributed by atoms with Crippen molar-refractivity contribution >= 4 is 5.97 Å². The van der Waals surface area contributed by atoms with Crippen molar-refractivity contribution in [1.29, 1.82) is 0 Å². The molecule has 0 spiro atoms. The summed E-state index contributed by atoms with van der Waals surface area (Å²) in [6, 6.07) is 1.94. The van der Waals surface area contributed by atoms with Gasteiger partial charge in [0.2, 0.25) is 5.76 Å². The molecule has 0 fully saturated rings. The normalized spacial score (nSPS) is 12.9. The molecule has 1 unspecified atom stereocenters. The summed E-state index contributed by atoms with van der Waals surface area (Å²) in [6.07, 6.45) is 1.41. The van der Waals surface area contributed by atoms with Gasteiger partial charge in [-0.15, -0.1) is 0 Å². The van der Waals surface area contributed by atoms with E-state index in [1.54, 1.807) is 13.2 Å². The Morgan fingerprint density at radius 3 is 2.88 bits per heavy atom. The molecule has 0 aliphatic carbocycles. The van der Waals surface area contributed by atoms with Gasteiger partial charge in [0.1, 0.15) is 0 Å². The molecular weight excluding hydrogens is 222 g/mol. The molecule has 0 amide bonds. The third-order valence-corrected chi connectivity index (χ3v) is 2.75. The van der Waals surface area contributed by atoms with Gasteiger partial charge in [-0.25, -0.2) is 4.79 Å². The number of hydrogen-bond acceptors (Lipinski definition) is 4. The second-order valence-electron chi connectivity index (χ2n) is 3.95. The summed E-state index contributed by atoms with van der Waals surface area (Å²) in [5, 5.41) is 8.95. The van der Waals surface area contributed by atoms with E-state index in [2.05, 4.69) is 4.90 Å². The lowest BCUT2D eigenvalue weighted by molar-refractivity contribution is 0.0654. The Morgan fingerprint density at radius 1 is 1.65 bits per heavy atom. The molecule has 0 radical (unpaired) electrons. The molecule has 17 heavy (non-hydrogen) atoms. The first-order valence-electron chi connectivity index (χ1n) is 5.62. The number of furan rings is 1. The standard InChI is InChI=1S/C12H19NO4/c1-4-13(9(2)8-16-3)7-10-5-6-17-11(10)12(14)15/h5-6,9H,4,7-8H2,1-3H3,(H,14,15). The minimum atomic E-state index is -1.03. The van der Waals surface area contributed by atoms with Crippen LogP contribution in [0.25, 0.3) is 0 Å². The van der Waals surface area contributed by atoms with Gasteiger partial charge in [0.25, 0.3) is 0 Å². The van der Waals surface area contributed by atoms with Crippen molar-refractivity contribution in [2.75, 3.05) is 20.3 Å². The van der Waals surface area contributed by atoms with E-state index < -0.39 is 5.97 Å². The molecular formula is C12H19NO4. The highest BCUT2D eigenvalue weighted by molar-refractivity contribution is 5.86. The number of carboxylic acids is 1. The third kappa shape index (κ3) is 3.57. The Hall–Kier alpha value is -1.33. The minimum absolute atomic E-state index is 0.0214. The fraction of sp³-hybridized carbons (Fsp3) is 0.583. The molecule has 1 atom stereocenters. The van der Waals surface area contributed by atoms with Gasteiger partial charge in [0, 0.05) is 25.3 Å². The molecule has 0 aliphatic rings. The monoisotopic (exact) mass is 241 g/mol. The molecule has 0 aromatic carbocycles. The van der Waals surface area contributed by atoms with Crippen LogP contribution in [0.15, 0.2) is 16.7 Å². The van der Waals surface area contributed by atoms with Crippen LogP contribution in [0, 0.1) is 0 Å². The molecule has 0 saturated heterocycles. The molecule has 1 N–H and O–H groups in total. The molecule has 5 nitrogen and oxygen atoms in total. The Bertz CT molecular complexity index is 361. The Balaban J connectivity index is 2.73. The first-order valence-corrected chi connectivity index (χ1v) is 5.62. The molecule has 0 saturated carbocycles. The van der Waals surface area contributed by atoms with E-state index in [0.29, 0.717) is 18.7 Å². The molecule has 1 aromatic heterocycles. The van der Waals surface area contributed by atoms with Gasteiger partial charge in [0.15, 0.2) is 0 Å². The van der Waals surface area contributed by atoms with Crippen LogP contribution in [0.4, 0.5) is 0 Å². The Kier molecular flexibility index (Phi) is 5.18. The van der Waals surface area contributed by atoms with Crippen molar-refractivity contribution in [3.8, 4) is 0 Å². The lowest BCUT2D eigenvalue weighted by Gasteiger charge is -2.26. The fourth-order valence-corrected chi connectivity index (χ4v) is 1.79. The summed E-state index contributed by atoms with van der Waals surface area (Å²) in [6.45, 7) is 6.09. The Labute approximate surface area is 101 Å². The molecule has 96 valence electrons. The SMILES string of the molecule is CCN(Cc1ccoc1C(=O)O)C(C)COC. The minimum Gasteiger partial charge on any atom is -0.475 e. The van der Waals surface area contributed by atoms with Gasteiger partial charge in [-0.1, -0.05) is 6.92 Å². The number of rotatable bonds is 7. The second kappa shape index (κ2) is 6.42. The highest BCUT2D eigenvalue weighted by atomic mass is 16.5. The van der Waals surface area contributed by atoms with Gasteiger partial charge in [-0.3, -0.25) is 4.90 Å². The molecule has 0 bridgehead atoms. The maximum atomic E-state index is 10.9. The summed E-state index contributed by atoms with van der Waals surface area (Å²) < 4.78 is 10.1. The number of carbonyl (C=O) groups is 1. The van der Waals surface area contributed by atoms with Gasteiger partial charge >= 0.3 is 5.97 Å². The molecule has 5 heteroatoms. The van der Waals surface area contributed by atoms with Crippen LogP contribution >= 0.6 is 0 Å². The second-order valence-corrected chi connectivity index (χ2v) is 3.95. The summed E-state index contributed by atoms with van der Waals surface area (Å²) in [5.74, 6) is -1.01. The molecule has 1 aromatic rings. The maximum absolute atomic E-state index is 10.9. The number of aromatic carboxylic acids is 1. The smallest absolute Gasteiger partial charge is 0.372 e. The van der Waals surface area contributed by atoms with E-state index in [1.165, 1.54) is 6.26 Å². The van der Waals surface area contributed by atoms with E-state index in [-0.39, 0.29) is 11.8 Å². The van der Waals surface area contributed by atoms with E-state index in [1.807, 2.05) is 13.8 Å². The largest absolute Gasteiger partial charge is 0.475 e. The summed E-state index contributed by atoms with van der Waals surface area (Å²) in [7, 11) is 1.66. The van der Waals surface area contributed by atoms with Gasteiger partial charge in [0.05, 0.1) is 12.9 Å². The van der Waals surface area contributed by atoms with Crippen LogP contribution in [0.1, 0.15) is 30.0 Å². The van der Waals surface area contributed by atoms with Crippen molar-refractivity contribution in [3.63, 3.8) is 0 Å². The van der Waals surface area contributed by atoms with Crippen LogP contribution < -0.4 is 0 Å². The van der Waals surface area contributed by atoms with Crippen LogP contribution in [0.3, 0.4) is 0 Å². The van der Waals surface area contributed by atoms with Gasteiger partial charge < -0.3 is 14.3 Å². The zero-order valence-electron chi connectivity index (χ0n) is 10.5. The van der Waals surface area contributed by atoms with E-state index >= 15 is 0 Å². The van der Waals surface area contributed by atoms with Crippen LogP contribution in [0.2, 0.25) is 0 Å². The Morgan fingerprint density at radius 2 is 2.35 bits per heavy atom. The number of carboxylic acid groups (broad SMARTS) is 1. The fourth-order valence-electron chi connectivity index (χ4n) is 1.79. The van der Waals surface area contributed by atoms with Gasteiger partial charge in [-0.05, 0) is 19.5 Å². The lowest BCUT2D eigenvalue weighted by atomic mass is 10.2. The highest BCUT2D eigenvalue weighted by Gasteiger charge is 2.18. The van der Waals surface area contributed by atoms with E-state index in [0.717, 1.165) is 6.54 Å². The van der Waals surface area contributed by atoms with Crippen LogP contribution in [-0.2, 0) is 11.3 Å². The predicted octanol–water partition coefficient (Wildman–Crippen LogP) is 1.83. The topological polar surface area (TPSA) is 62.9 Å². The lowest BCUT2D eigenvalue weighted by Crippen LogP contribution is -2.35. The molecule has 1 rings (SSSR count). The van der Waals surface area contributed by atoms with Crippen molar-refractivity contribution in [2.45, 2.75) is 26.4 Å². The third-order valence-electron chi connectivity index (χ3n) is 2.75. The quantitative estimate of drug-likeness (QED) is 0.789. The predicted molar refractivity (Wildman–Crippen MR) is 63.1 cm³/mol. The number of likely N-dealkylation sites (N-methyl/N-ethyl adjacent to an activating group) is 1. The first-order chi connectivity index (χ1) is 8.10. The zero-order chi connectivity index (χ0) is 12.8. The number of nitrogens with zero attached hydrogens (tertiary/aromatic N) is 1. The molecule has 0 aliphatic heterocycles. The van der Waals surface area contributed by atoms with Crippen molar-refractivity contribution in [2.24, 2.45) is 0 Å². The summed E-state index contributed by atoms with van der Waals surface area (Å²) in [5.41, 5.74) is 0.697. The highest BCUT2D eigenvalue weighted by Crippen LogP contribution is 2.15. The maximum Gasteiger partial charge on any atom is 0.372 e. The van der Waals surface area contributed by atoms with Crippen molar-refractivity contribution in [1.82, 2.24) is 4.90 Å². The van der Waals surface area contributed by atoms with Gasteiger partial charge in [-0.2, -0.15) is 0 Å². The summed E-state index contributed by atoms with van der Waals surface area (Å²) >= 11 is 0. The number of ether oxygens (including phenoxy) is 1. The number of hydrogen-bond donors (Lipinski definition) is 1. The van der Waals surface area contributed by atoms with E-state index in [9.17, 15) is 4.79 Å². The average Bonchev–Trinajstić information content (AvgIpc) is 2.74. The van der Waals surface area contributed by atoms with Crippen LogP contribution in [-0.4, -0.2) is 42.3 Å². The summed E-state index contributed by atoms with van der Waals surface area (Å²) in [4.78, 5) is 13.1. The number of methoxy groups -OCH3 is 1. The van der Waals surface area contributed by atoms with Crippen LogP contribution in [0.5, 0.6) is 0 Å². The van der Waals surface area contributed by atoms with Crippen molar-refractivity contribution in [3.05, 3.63) is 23.7 Å². The average molecular weight is 241 g/mol. The van der Waals surface area contributed by atoms with E-state index in [4.69, 9.17) is 14.3 Å².